The summed E-state index contributed by atoms with van der Waals surface area (Å²) >= 11 is 11.9. The molecule has 90 valence electrons. The lowest BCUT2D eigenvalue weighted by Gasteiger charge is -2.09. The molecule has 2 rings (SSSR count). The maximum Gasteiger partial charge on any atom is 0.132 e. The van der Waals surface area contributed by atoms with Crippen LogP contribution in [0.3, 0.4) is 0 Å². The van der Waals surface area contributed by atoms with E-state index in [1.165, 1.54) is 0 Å². The number of halogens is 2. The summed E-state index contributed by atoms with van der Waals surface area (Å²) in [7, 11) is 0. The van der Waals surface area contributed by atoms with E-state index >= 15 is 0 Å². The van der Waals surface area contributed by atoms with Gasteiger partial charge in [0.05, 0.1) is 0 Å². The van der Waals surface area contributed by atoms with Gasteiger partial charge in [-0.25, -0.2) is 0 Å². The molecule has 1 atom stereocenters. The molecule has 2 nitrogen and oxygen atoms in total. The molecule has 0 aliphatic carbocycles. The number of rotatable bonds is 3. The van der Waals surface area contributed by atoms with Gasteiger partial charge in [0.2, 0.25) is 0 Å². The van der Waals surface area contributed by atoms with E-state index in [4.69, 9.17) is 27.6 Å². The second kappa shape index (κ2) is 5.13. The second-order valence-corrected chi connectivity index (χ2v) is 4.75. The number of aliphatic hydroxyl groups is 1. The minimum Gasteiger partial charge on any atom is -0.464 e. The van der Waals surface area contributed by atoms with Crippen LogP contribution in [0.15, 0.2) is 34.7 Å². The van der Waals surface area contributed by atoms with Gasteiger partial charge in [0.15, 0.2) is 0 Å². The van der Waals surface area contributed by atoms with Gasteiger partial charge in [0.1, 0.15) is 17.6 Å². The highest BCUT2D eigenvalue weighted by molar-refractivity contribution is 6.33. The summed E-state index contributed by atoms with van der Waals surface area (Å²) in [6.07, 6.45) is -0.327. The summed E-state index contributed by atoms with van der Waals surface area (Å²) in [5, 5.41) is 11.2. The molecule has 1 heterocycles. The van der Waals surface area contributed by atoms with Crippen LogP contribution in [0.5, 0.6) is 0 Å². The zero-order valence-electron chi connectivity index (χ0n) is 9.28. The third kappa shape index (κ3) is 3.03. The quantitative estimate of drug-likeness (QED) is 0.908. The highest BCUT2D eigenvalue weighted by Gasteiger charge is 2.14. The van der Waals surface area contributed by atoms with Gasteiger partial charge in [-0.1, -0.05) is 23.2 Å². The fourth-order valence-corrected chi connectivity index (χ4v) is 2.03. The lowest BCUT2D eigenvalue weighted by Crippen LogP contribution is -2.01. The molecule has 0 aliphatic heterocycles. The van der Waals surface area contributed by atoms with Crippen molar-refractivity contribution in [3.8, 4) is 0 Å². The molecule has 0 radical (unpaired) electrons. The third-order valence-corrected chi connectivity index (χ3v) is 3.11. The Hall–Kier alpha value is -0.960. The van der Waals surface area contributed by atoms with Gasteiger partial charge >= 0.3 is 0 Å². The summed E-state index contributed by atoms with van der Waals surface area (Å²) < 4.78 is 5.36. The lowest BCUT2D eigenvalue weighted by molar-refractivity contribution is 0.149. The molecule has 1 unspecified atom stereocenters. The first-order valence-corrected chi connectivity index (χ1v) is 6.00. The molecule has 1 N–H and O–H groups in total. The number of aryl methyl sites for hydroxylation is 1. The van der Waals surface area contributed by atoms with Crippen LogP contribution < -0.4 is 0 Å². The zero-order valence-corrected chi connectivity index (χ0v) is 10.8. The van der Waals surface area contributed by atoms with Gasteiger partial charge < -0.3 is 9.52 Å². The Balaban J connectivity index is 2.18. The molecule has 0 saturated heterocycles. The maximum absolute atomic E-state index is 10.0. The largest absolute Gasteiger partial charge is 0.464 e. The third-order valence-electron chi connectivity index (χ3n) is 2.51. The number of hydrogen-bond acceptors (Lipinski definition) is 2. The van der Waals surface area contributed by atoms with E-state index in [9.17, 15) is 5.11 Å². The van der Waals surface area contributed by atoms with E-state index in [-0.39, 0.29) is 0 Å². The van der Waals surface area contributed by atoms with Gasteiger partial charge in [-0.15, -0.1) is 0 Å². The number of furan rings is 1. The van der Waals surface area contributed by atoms with Gasteiger partial charge in [-0.3, -0.25) is 0 Å². The summed E-state index contributed by atoms with van der Waals surface area (Å²) in [6, 6.07) is 8.77. The molecule has 0 aliphatic rings. The highest BCUT2D eigenvalue weighted by atomic mass is 35.5. The van der Waals surface area contributed by atoms with E-state index in [1.54, 1.807) is 24.3 Å². The summed E-state index contributed by atoms with van der Waals surface area (Å²) in [5.41, 5.74) is 0.806. The van der Waals surface area contributed by atoms with Gasteiger partial charge in [0.25, 0.3) is 0 Å². The fourth-order valence-electron chi connectivity index (χ4n) is 1.64. The standard InChI is InChI=1S/C13H12Cl2O2/c1-8-2-5-13(17-8)12(16)7-9-6-10(14)3-4-11(9)15/h2-6,12,16H,7H2,1H3. The van der Waals surface area contributed by atoms with Crippen molar-refractivity contribution in [1.82, 2.24) is 0 Å². The van der Waals surface area contributed by atoms with E-state index in [0.717, 1.165) is 11.3 Å². The van der Waals surface area contributed by atoms with Crippen LogP contribution in [0.2, 0.25) is 10.0 Å². The Bertz CT molecular complexity index is 520. The maximum atomic E-state index is 10.0. The van der Waals surface area contributed by atoms with E-state index in [2.05, 4.69) is 0 Å². The molecule has 1 aromatic carbocycles. The van der Waals surface area contributed by atoms with Crippen LogP contribution in [0, 0.1) is 6.92 Å². The topological polar surface area (TPSA) is 33.4 Å². The average molecular weight is 271 g/mol. The molecule has 0 amide bonds. The van der Waals surface area contributed by atoms with Crippen molar-refractivity contribution in [2.75, 3.05) is 0 Å². The molecular weight excluding hydrogens is 259 g/mol. The molecule has 1 aromatic heterocycles. The molecule has 4 heteroatoms. The number of benzene rings is 1. The lowest BCUT2D eigenvalue weighted by atomic mass is 10.1. The Morgan fingerprint density at radius 2 is 2.00 bits per heavy atom. The average Bonchev–Trinajstić information content (AvgIpc) is 2.70. The first-order chi connectivity index (χ1) is 8.06. The Morgan fingerprint density at radius 3 is 2.65 bits per heavy atom. The first kappa shape index (κ1) is 12.5. The Labute approximate surface area is 110 Å². The van der Waals surface area contributed by atoms with Crippen LogP contribution in [0.25, 0.3) is 0 Å². The predicted molar refractivity (Wildman–Crippen MR) is 68.6 cm³/mol. The van der Waals surface area contributed by atoms with Crippen LogP contribution in [-0.4, -0.2) is 5.11 Å². The fraction of sp³-hybridized carbons (Fsp3) is 0.231. The molecule has 17 heavy (non-hydrogen) atoms. The summed E-state index contributed by atoms with van der Waals surface area (Å²) in [5.74, 6) is 1.31. The van der Waals surface area contributed by atoms with Gasteiger partial charge in [-0.2, -0.15) is 0 Å². The molecule has 0 bridgehead atoms. The number of aliphatic hydroxyl groups excluding tert-OH is 1. The number of hydrogen-bond donors (Lipinski definition) is 1. The SMILES string of the molecule is Cc1ccc(C(O)Cc2cc(Cl)ccc2Cl)o1. The minimum absolute atomic E-state index is 0.381. The van der Waals surface area contributed by atoms with Crippen molar-refractivity contribution in [3.05, 3.63) is 57.5 Å². The van der Waals surface area contributed by atoms with Crippen molar-refractivity contribution in [2.24, 2.45) is 0 Å². The van der Waals surface area contributed by atoms with E-state index < -0.39 is 6.10 Å². The Morgan fingerprint density at radius 1 is 1.24 bits per heavy atom. The normalized spacial score (nSPS) is 12.7. The predicted octanol–water partition coefficient (Wildman–Crippen LogP) is 4.17. The smallest absolute Gasteiger partial charge is 0.132 e. The van der Waals surface area contributed by atoms with Crippen LogP contribution >= 0.6 is 23.2 Å². The van der Waals surface area contributed by atoms with Gasteiger partial charge in [-0.05, 0) is 42.8 Å². The van der Waals surface area contributed by atoms with Crippen molar-refractivity contribution >= 4 is 23.2 Å². The van der Waals surface area contributed by atoms with Crippen molar-refractivity contribution < 1.29 is 9.52 Å². The summed E-state index contributed by atoms with van der Waals surface area (Å²) in [6.45, 7) is 1.84. The van der Waals surface area contributed by atoms with Crippen LogP contribution in [0.4, 0.5) is 0 Å². The Kier molecular flexibility index (Phi) is 3.77. The molecule has 0 fully saturated rings. The van der Waals surface area contributed by atoms with Crippen LogP contribution in [-0.2, 0) is 6.42 Å². The minimum atomic E-state index is -0.709. The van der Waals surface area contributed by atoms with Crippen molar-refractivity contribution in [1.29, 1.82) is 0 Å². The first-order valence-electron chi connectivity index (χ1n) is 5.24. The zero-order chi connectivity index (χ0) is 12.4. The highest BCUT2D eigenvalue weighted by Crippen LogP contribution is 2.26. The van der Waals surface area contributed by atoms with E-state index in [1.807, 2.05) is 13.0 Å². The molecule has 0 saturated carbocycles. The van der Waals surface area contributed by atoms with Crippen molar-refractivity contribution in [3.63, 3.8) is 0 Å². The molecule has 0 spiro atoms. The van der Waals surface area contributed by atoms with Crippen molar-refractivity contribution in [2.45, 2.75) is 19.4 Å². The van der Waals surface area contributed by atoms with Gasteiger partial charge in [0, 0.05) is 16.5 Å². The van der Waals surface area contributed by atoms with Crippen LogP contribution in [0.1, 0.15) is 23.2 Å². The molecule has 2 aromatic rings. The molecular formula is C13H12Cl2O2. The monoisotopic (exact) mass is 270 g/mol. The van der Waals surface area contributed by atoms with E-state index in [0.29, 0.717) is 22.2 Å². The summed E-state index contributed by atoms with van der Waals surface area (Å²) in [4.78, 5) is 0. The second-order valence-electron chi connectivity index (χ2n) is 3.90.